The van der Waals surface area contributed by atoms with Crippen molar-refractivity contribution in [3.05, 3.63) is 41.5 Å². The monoisotopic (exact) mass is 395 g/mol. The van der Waals surface area contributed by atoms with Gasteiger partial charge in [-0.3, -0.25) is 0 Å². The fourth-order valence-electron chi connectivity index (χ4n) is 2.84. The lowest BCUT2D eigenvalue weighted by atomic mass is 10.0. The third-order valence-electron chi connectivity index (χ3n) is 4.36. The molecule has 2 aromatic rings. The average molecular weight is 395 g/mol. The molecule has 1 atom stereocenters. The van der Waals surface area contributed by atoms with Crippen LogP contribution in [-0.2, 0) is 10.9 Å². The average Bonchev–Trinajstić information content (AvgIpc) is 2.65. The van der Waals surface area contributed by atoms with Crippen molar-refractivity contribution in [2.75, 3.05) is 27.4 Å². The van der Waals surface area contributed by atoms with Crippen molar-refractivity contribution in [1.82, 2.24) is 9.88 Å². The molecular weight excluding hydrogens is 375 g/mol. The molecular formula is C18H20F3N5O2. The highest BCUT2D eigenvalue weighted by Gasteiger charge is 2.36. The zero-order valence-corrected chi connectivity index (χ0v) is 15.3. The number of aromatic nitrogens is 1. The highest BCUT2D eigenvalue weighted by molar-refractivity contribution is 5.84. The molecule has 0 fully saturated rings. The first-order valence-electron chi connectivity index (χ1n) is 8.40. The second kappa shape index (κ2) is 7.64. The van der Waals surface area contributed by atoms with Gasteiger partial charge < -0.3 is 25.8 Å². The molecule has 0 saturated carbocycles. The fourth-order valence-corrected chi connectivity index (χ4v) is 2.84. The van der Waals surface area contributed by atoms with Crippen molar-refractivity contribution >= 4 is 11.8 Å². The van der Waals surface area contributed by atoms with Gasteiger partial charge >= 0.3 is 6.18 Å². The quantitative estimate of drug-likeness (QED) is 0.755. The normalized spacial score (nSPS) is 16.6. The van der Waals surface area contributed by atoms with E-state index in [1.54, 1.807) is 18.0 Å². The van der Waals surface area contributed by atoms with E-state index in [9.17, 15) is 13.2 Å². The molecule has 0 radical (unpaired) electrons. The Morgan fingerprint density at radius 2 is 1.93 bits per heavy atom. The molecule has 0 amide bonds. The number of nitrogens with zero attached hydrogens (tertiary/aromatic N) is 3. The Balaban J connectivity index is 2.14. The highest BCUT2D eigenvalue weighted by Crippen LogP contribution is 2.43. The standard InChI is InChI=1S/C18H20F3N5O2/c1-26-15(22)10-6-7-12(24-16(10)25-17(26)23)14-11(18(19,20)21)4-3-5-13(14)28-9-8-27-2/h3-7,15H,8-9,22H2,1-2H3,(H2,23,24,25). The van der Waals surface area contributed by atoms with Gasteiger partial charge in [0, 0.05) is 19.7 Å². The SMILES string of the molecule is COCCOc1cccc(C(F)(F)F)c1-c1ccc2c(n1)N=C(N)N(C)C2N. The summed E-state index contributed by atoms with van der Waals surface area (Å²) in [5.41, 5.74) is 11.5. The molecule has 0 bridgehead atoms. The van der Waals surface area contributed by atoms with Gasteiger partial charge in [0.1, 0.15) is 18.5 Å². The summed E-state index contributed by atoms with van der Waals surface area (Å²) in [5, 5.41) is 0. The van der Waals surface area contributed by atoms with Crippen LogP contribution < -0.4 is 16.2 Å². The Kier molecular flexibility index (Phi) is 5.43. The number of methoxy groups -OCH3 is 1. The Labute approximate surface area is 159 Å². The molecule has 1 unspecified atom stereocenters. The summed E-state index contributed by atoms with van der Waals surface area (Å²) in [6.07, 6.45) is -5.18. The zero-order chi connectivity index (χ0) is 20.5. The lowest BCUT2D eigenvalue weighted by Crippen LogP contribution is -2.43. The van der Waals surface area contributed by atoms with E-state index in [0.29, 0.717) is 5.56 Å². The second-order valence-electron chi connectivity index (χ2n) is 6.15. The summed E-state index contributed by atoms with van der Waals surface area (Å²) in [4.78, 5) is 9.99. The number of pyridine rings is 1. The van der Waals surface area contributed by atoms with Gasteiger partial charge in [0.15, 0.2) is 11.8 Å². The minimum absolute atomic E-state index is 0.0495. The summed E-state index contributed by atoms with van der Waals surface area (Å²) >= 11 is 0. The van der Waals surface area contributed by atoms with Gasteiger partial charge in [-0.25, -0.2) is 4.98 Å². The van der Waals surface area contributed by atoms with Crippen LogP contribution in [0, 0.1) is 0 Å². The van der Waals surface area contributed by atoms with Crippen LogP contribution in [0.25, 0.3) is 11.3 Å². The van der Waals surface area contributed by atoms with Crippen LogP contribution in [0.5, 0.6) is 5.75 Å². The minimum atomic E-state index is -4.59. The Hall–Kier alpha value is -2.85. The van der Waals surface area contributed by atoms with Crippen molar-refractivity contribution in [3.8, 4) is 17.0 Å². The summed E-state index contributed by atoms with van der Waals surface area (Å²) in [7, 11) is 3.14. The molecule has 0 saturated heterocycles. The molecule has 1 aliphatic heterocycles. The molecule has 150 valence electrons. The number of benzene rings is 1. The van der Waals surface area contributed by atoms with Gasteiger partial charge in [-0.15, -0.1) is 0 Å². The van der Waals surface area contributed by atoms with Crippen molar-refractivity contribution in [1.29, 1.82) is 0 Å². The van der Waals surface area contributed by atoms with Crippen LogP contribution in [0.4, 0.5) is 19.0 Å². The van der Waals surface area contributed by atoms with E-state index in [0.717, 1.165) is 6.07 Å². The first kappa shape index (κ1) is 19.9. The molecule has 4 N–H and O–H groups in total. The topological polar surface area (TPSA) is 99.0 Å². The molecule has 1 aromatic carbocycles. The molecule has 7 nitrogen and oxygen atoms in total. The first-order chi connectivity index (χ1) is 13.2. The van der Waals surface area contributed by atoms with Crippen molar-refractivity contribution in [3.63, 3.8) is 0 Å². The summed E-state index contributed by atoms with van der Waals surface area (Å²) < 4.78 is 51.3. The maximum atomic E-state index is 13.6. The van der Waals surface area contributed by atoms with Gasteiger partial charge in [-0.05, 0) is 24.3 Å². The molecule has 1 aliphatic rings. The van der Waals surface area contributed by atoms with Crippen LogP contribution in [0.1, 0.15) is 17.3 Å². The number of hydrogen-bond donors (Lipinski definition) is 2. The number of halogens is 3. The van der Waals surface area contributed by atoms with Crippen molar-refractivity contribution < 1.29 is 22.6 Å². The van der Waals surface area contributed by atoms with Gasteiger partial charge in [0.2, 0.25) is 0 Å². The van der Waals surface area contributed by atoms with E-state index in [1.807, 2.05) is 0 Å². The van der Waals surface area contributed by atoms with Gasteiger partial charge in [0.05, 0.1) is 23.4 Å². The summed E-state index contributed by atoms with van der Waals surface area (Å²) in [6, 6.07) is 6.79. The van der Waals surface area contributed by atoms with Crippen LogP contribution in [-0.4, -0.2) is 43.2 Å². The van der Waals surface area contributed by atoms with E-state index in [4.69, 9.17) is 20.9 Å². The number of alkyl halides is 3. The van der Waals surface area contributed by atoms with E-state index in [2.05, 4.69) is 9.98 Å². The van der Waals surface area contributed by atoms with E-state index >= 15 is 0 Å². The first-order valence-corrected chi connectivity index (χ1v) is 8.40. The molecule has 10 heteroatoms. The third-order valence-corrected chi connectivity index (χ3v) is 4.36. The van der Waals surface area contributed by atoms with Gasteiger partial charge in [0.25, 0.3) is 0 Å². The molecule has 0 aliphatic carbocycles. The lowest BCUT2D eigenvalue weighted by Gasteiger charge is -2.30. The van der Waals surface area contributed by atoms with Gasteiger partial charge in [-0.2, -0.15) is 18.2 Å². The van der Waals surface area contributed by atoms with Gasteiger partial charge in [-0.1, -0.05) is 6.07 Å². The minimum Gasteiger partial charge on any atom is -0.490 e. The largest absolute Gasteiger partial charge is 0.490 e. The number of rotatable bonds is 5. The number of hydrogen-bond acceptors (Lipinski definition) is 7. The predicted molar refractivity (Wildman–Crippen MR) is 98.0 cm³/mol. The smallest absolute Gasteiger partial charge is 0.417 e. The lowest BCUT2D eigenvalue weighted by molar-refractivity contribution is -0.137. The number of guanidine groups is 1. The van der Waals surface area contributed by atoms with Crippen LogP contribution >= 0.6 is 0 Å². The summed E-state index contributed by atoms with van der Waals surface area (Å²) in [5.74, 6) is 0.360. The highest BCUT2D eigenvalue weighted by atomic mass is 19.4. The maximum absolute atomic E-state index is 13.6. The number of fused-ring (bicyclic) bond motifs is 1. The van der Waals surface area contributed by atoms with E-state index < -0.39 is 17.9 Å². The number of ether oxygens (including phenoxy) is 2. The predicted octanol–water partition coefficient (Wildman–Crippen LogP) is 2.64. The Bertz CT molecular complexity index is 901. The van der Waals surface area contributed by atoms with Crippen molar-refractivity contribution in [2.24, 2.45) is 16.5 Å². The van der Waals surface area contributed by atoms with E-state index in [1.165, 1.54) is 25.3 Å². The maximum Gasteiger partial charge on any atom is 0.417 e. The summed E-state index contributed by atoms with van der Waals surface area (Å²) in [6.45, 7) is 0.325. The molecule has 28 heavy (non-hydrogen) atoms. The molecule has 1 aromatic heterocycles. The number of nitrogens with two attached hydrogens (primary N) is 2. The van der Waals surface area contributed by atoms with Crippen LogP contribution in [0.15, 0.2) is 35.3 Å². The Morgan fingerprint density at radius 3 is 2.61 bits per heavy atom. The number of aliphatic imine (C=N–C) groups is 1. The third kappa shape index (κ3) is 3.73. The molecule has 3 rings (SSSR count). The Morgan fingerprint density at radius 1 is 1.18 bits per heavy atom. The second-order valence-corrected chi connectivity index (χ2v) is 6.15. The molecule has 2 heterocycles. The van der Waals surface area contributed by atoms with Crippen molar-refractivity contribution in [2.45, 2.75) is 12.3 Å². The fraction of sp³-hybridized carbons (Fsp3) is 0.333. The van der Waals surface area contributed by atoms with Crippen LogP contribution in [0.3, 0.4) is 0 Å². The zero-order valence-electron chi connectivity index (χ0n) is 15.3. The van der Waals surface area contributed by atoms with E-state index in [-0.39, 0.29) is 42.0 Å². The van der Waals surface area contributed by atoms with Crippen LogP contribution in [0.2, 0.25) is 0 Å². The molecule has 0 spiro atoms.